The Bertz CT molecular complexity index is 290. The lowest BCUT2D eigenvalue weighted by atomic mass is 10.4. The van der Waals surface area contributed by atoms with E-state index in [-0.39, 0.29) is 12.4 Å². The molecule has 2 aliphatic heterocycles. The first-order valence-electron chi connectivity index (χ1n) is 3.30. The Morgan fingerprint density at radius 1 is 1.31 bits per heavy atom. The van der Waals surface area contributed by atoms with Gasteiger partial charge in [-0.3, -0.25) is 4.57 Å². The Labute approximate surface area is 82.6 Å². The topological polar surface area (TPSA) is 60.5 Å². The first-order valence-corrected chi connectivity index (χ1v) is 4.60. The van der Waals surface area contributed by atoms with Crippen LogP contribution in [-0.4, -0.2) is 20.6 Å². The van der Waals surface area contributed by atoms with E-state index in [1.54, 1.807) is 0 Å². The molecule has 0 bridgehead atoms. The average molecular weight is 222 g/mol. The highest BCUT2D eigenvalue weighted by atomic mass is 35.5. The minimum absolute atomic E-state index is 0. The zero-order valence-electron chi connectivity index (χ0n) is 6.59. The van der Waals surface area contributed by atoms with E-state index >= 15 is 0 Å². The molecule has 0 radical (unpaired) electrons. The maximum atomic E-state index is 8.74. The SMILES string of the molecule is C1=CC2=CC=C[N+]2=C1.O=[PH](O)O.[Cl-]. The molecule has 0 amide bonds. The summed E-state index contributed by atoms with van der Waals surface area (Å²) in [6.07, 6.45) is 12.3. The van der Waals surface area contributed by atoms with E-state index in [2.05, 4.69) is 16.7 Å². The first kappa shape index (κ1) is 12.3. The number of fused-ring (bicyclic) bond motifs is 1. The molecule has 0 aromatic heterocycles. The van der Waals surface area contributed by atoms with Gasteiger partial charge < -0.3 is 22.2 Å². The zero-order chi connectivity index (χ0) is 8.97. The van der Waals surface area contributed by atoms with Crippen LogP contribution in [-0.2, 0) is 4.57 Å². The van der Waals surface area contributed by atoms with Crippen molar-refractivity contribution in [3.05, 3.63) is 36.2 Å². The second-order valence-electron chi connectivity index (χ2n) is 2.13. The monoisotopic (exact) mass is 221 g/mol. The normalized spacial score (nSPS) is 15.6. The lowest BCUT2D eigenvalue weighted by Gasteiger charge is -1.79. The summed E-state index contributed by atoms with van der Waals surface area (Å²) in [5.74, 6) is 0. The number of halogens is 1. The molecular formula is C7H9ClNO3P. The smallest absolute Gasteiger partial charge is 0.314 e. The molecule has 4 nitrogen and oxygen atoms in total. The number of rotatable bonds is 0. The highest BCUT2D eigenvalue weighted by Crippen LogP contribution is 2.10. The predicted molar refractivity (Wildman–Crippen MR) is 46.1 cm³/mol. The molecule has 6 heteroatoms. The molecule has 0 aromatic carbocycles. The summed E-state index contributed by atoms with van der Waals surface area (Å²) in [5, 5.41) is 0. The van der Waals surface area contributed by atoms with E-state index in [1.165, 1.54) is 5.70 Å². The van der Waals surface area contributed by atoms with E-state index in [0.29, 0.717) is 0 Å². The van der Waals surface area contributed by atoms with E-state index in [4.69, 9.17) is 14.4 Å². The van der Waals surface area contributed by atoms with Crippen LogP contribution in [0, 0.1) is 0 Å². The van der Waals surface area contributed by atoms with Gasteiger partial charge in [0, 0.05) is 24.3 Å². The lowest BCUT2D eigenvalue weighted by Crippen LogP contribution is -3.00. The highest BCUT2D eigenvalue weighted by molar-refractivity contribution is 7.30. The predicted octanol–water partition coefficient (Wildman–Crippen LogP) is -2.58. The number of nitrogens with zero attached hydrogens (tertiary/aromatic N) is 1. The van der Waals surface area contributed by atoms with Crippen LogP contribution in [0.5, 0.6) is 0 Å². The molecule has 72 valence electrons. The quantitative estimate of drug-likeness (QED) is 0.349. The second-order valence-corrected chi connectivity index (χ2v) is 2.70. The van der Waals surface area contributed by atoms with Crippen LogP contribution in [0.25, 0.3) is 0 Å². The van der Waals surface area contributed by atoms with Crippen molar-refractivity contribution < 1.29 is 31.3 Å². The molecule has 2 aliphatic rings. The van der Waals surface area contributed by atoms with Gasteiger partial charge in [0.1, 0.15) is 0 Å². The van der Waals surface area contributed by atoms with E-state index < -0.39 is 8.25 Å². The van der Waals surface area contributed by atoms with Gasteiger partial charge in [0.2, 0.25) is 5.70 Å². The minimum Gasteiger partial charge on any atom is -1.00 e. The van der Waals surface area contributed by atoms with Crippen LogP contribution in [0.3, 0.4) is 0 Å². The van der Waals surface area contributed by atoms with Crippen molar-refractivity contribution in [2.24, 2.45) is 0 Å². The molecule has 0 aromatic rings. The lowest BCUT2D eigenvalue weighted by molar-refractivity contribution is -0.380. The number of allylic oxidation sites excluding steroid dienone is 4. The van der Waals surface area contributed by atoms with Crippen molar-refractivity contribution in [1.82, 2.24) is 0 Å². The fourth-order valence-electron chi connectivity index (χ4n) is 0.918. The highest BCUT2D eigenvalue weighted by Gasteiger charge is 2.13. The van der Waals surface area contributed by atoms with Crippen molar-refractivity contribution in [2.45, 2.75) is 0 Å². The van der Waals surface area contributed by atoms with Crippen LogP contribution in [0.15, 0.2) is 36.2 Å². The fraction of sp³-hybridized carbons (Fsp3) is 0. The maximum Gasteiger partial charge on any atom is 0.314 e. The summed E-state index contributed by atoms with van der Waals surface area (Å²) in [6, 6.07) is 0. The van der Waals surface area contributed by atoms with Crippen molar-refractivity contribution >= 4 is 14.5 Å². The Morgan fingerprint density at radius 2 is 1.92 bits per heavy atom. The van der Waals surface area contributed by atoms with Gasteiger partial charge in [0.25, 0.3) is 0 Å². The van der Waals surface area contributed by atoms with Gasteiger partial charge in [0.05, 0.1) is 0 Å². The molecule has 0 atom stereocenters. The third-order valence-electron chi connectivity index (χ3n) is 1.33. The Morgan fingerprint density at radius 3 is 2.46 bits per heavy atom. The van der Waals surface area contributed by atoms with Crippen molar-refractivity contribution in [3.63, 3.8) is 0 Å². The summed E-state index contributed by atoms with van der Waals surface area (Å²) in [5.41, 5.74) is 1.27. The molecule has 0 spiro atoms. The molecule has 0 saturated heterocycles. The largest absolute Gasteiger partial charge is 1.00 e. The van der Waals surface area contributed by atoms with Gasteiger partial charge in [0.15, 0.2) is 12.4 Å². The molecule has 2 rings (SSSR count). The number of hydrogen-bond acceptors (Lipinski definition) is 1. The third-order valence-corrected chi connectivity index (χ3v) is 1.33. The van der Waals surface area contributed by atoms with Gasteiger partial charge in [-0.15, -0.1) is 0 Å². The molecule has 0 fully saturated rings. The van der Waals surface area contributed by atoms with Crippen LogP contribution < -0.4 is 12.4 Å². The Kier molecular flexibility index (Phi) is 5.58. The summed E-state index contributed by atoms with van der Waals surface area (Å²) < 4.78 is 10.8. The fourth-order valence-corrected chi connectivity index (χ4v) is 0.918. The third kappa shape index (κ3) is 4.20. The maximum absolute atomic E-state index is 8.74. The summed E-state index contributed by atoms with van der Waals surface area (Å²) in [4.78, 5) is 14.3. The van der Waals surface area contributed by atoms with Crippen LogP contribution >= 0.6 is 8.25 Å². The first-order chi connectivity index (χ1) is 5.70. The van der Waals surface area contributed by atoms with Crippen LogP contribution in [0.1, 0.15) is 0 Å². The molecule has 13 heavy (non-hydrogen) atoms. The van der Waals surface area contributed by atoms with Crippen molar-refractivity contribution in [2.75, 3.05) is 0 Å². The zero-order valence-corrected chi connectivity index (χ0v) is 8.35. The average Bonchev–Trinajstić information content (AvgIpc) is 2.40. The van der Waals surface area contributed by atoms with Gasteiger partial charge in [-0.2, -0.15) is 4.58 Å². The molecule has 0 saturated carbocycles. The van der Waals surface area contributed by atoms with Gasteiger partial charge in [-0.1, -0.05) is 0 Å². The van der Waals surface area contributed by atoms with E-state index in [0.717, 1.165) is 0 Å². The molecule has 0 aliphatic carbocycles. The molecular weight excluding hydrogens is 213 g/mol. The van der Waals surface area contributed by atoms with Crippen molar-refractivity contribution in [3.8, 4) is 0 Å². The van der Waals surface area contributed by atoms with Gasteiger partial charge in [-0.05, 0) is 0 Å². The molecule has 2 heterocycles. The molecule has 2 N–H and O–H groups in total. The summed E-state index contributed by atoms with van der Waals surface area (Å²) >= 11 is 0. The van der Waals surface area contributed by atoms with Crippen molar-refractivity contribution in [1.29, 1.82) is 0 Å². The Hall–Kier alpha value is -0.670. The Balaban J connectivity index is 0.000000256. The second kappa shape index (κ2) is 5.89. The van der Waals surface area contributed by atoms with Crippen LogP contribution in [0.2, 0.25) is 0 Å². The van der Waals surface area contributed by atoms with E-state index in [1.807, 2.05) is 24.6 Å². The molecule has 0 unspecified atom stereocenters. The summed E-state index contributed by atoms with van der Waals surface area (Å²) in [7, 11) is -3.13. The standard InChI is InChI=1S/C7H6N.ClH.H3O3P/c1-3-7-4-2-6-8(7)5-1;;1-4(2)3/h1-6H;1H;4H,(H2,1,2,3)/q+1;;/p-1. The van der Waals surface area contributed by atoms with Gasteiger partial charge in [-0.25, -0.2) is 0 Å². The number of hydrogen-bond donors (Lipinski definition) is 2. The summed E-state index contributed by atoms with van der Waals surface area (Å²) in [6.45, 7) is 0. The minimum atomic E-state index is -3.13. The van der Waals surface area contributed by atoms with Gasteiger partial charge >= 0.3 is 8.25 Å². The van der Waals surface area contributed by atoms with Crippen LogP contribution in [0.4, 0.5) is 0 Å². The van der Waals surface area contributed by atoms with E-state index in [9.17, 15) is 0 Å².